The first-order valence-corrected chi connectivity index (χ1v) is 6.62. The van der Waals surface area contributed by atoms with Crippen molar-refractivity contribution in [1.82, 2.24) is 10.3 Å². The first-order valence-electron chi connectivity index (χ1n) is 4.58. The van der Waals surface area contributed by atoms with Crippen LogP contribution in [-0.2, 0) is 12.3 Å². The van der Waals surface area contributed by atoms with Gasteiger partial charge in [-0.15, -0.1) is 11.3 Å². The largest absolute Gasteiger partial charge is 0.311 e. The van der Waals surface area contributed by atoms with E-state index in [9.17, 15) is 0 Å². The molecule has 1 heterocycles. The van der Waals surface area contributed by atoms with Crippen LogP contribution < -0.4 is 5.32 Å². The maximum Gasteiger partial charge on any atom is 0.103 e. The molecule has 0 aliphatic rings. The summed E-state index contributed by atoms with van der Waals surface area (Å²) >= 11 is 3.69. The van der Waals surface area contributed by atoms with Crippen LogP contribution in [0.15, 0.2) is 5.38 Å². The normalized spacial score (nSPS) is 10.6. The molecule has 0 aromatic carbocycles. The van der Waals surface area contributed by atoms with Gasteiger partial charge in [-0.3, -0.25) is 0 Å². The van der Waals surface area contributed by atoms with Crippen molar-refractivity contribution in [3.63, 3.8) is 0 Å². The molecule has 4 heteroatoms. The summed E-state index contributed by atoms with van der Waals surface area (Å²) in [4.78, 5) is 4.52. The van der Waals surface area contributed by atoms with Gasteiger partial charge >= 0.3 is 0 Å². The Labute approximate surface area is 88.2 Å². The zero-order valence-corrected chi connectivity index (χ0v) is 9.80. The summed E-state index contributed by atoms with van der Waals surface area (Å²) in [6.45, 7) is 6.21. The lowest BCUT2D eigenvalue weighted by atomic mass is 10.5. The van der Waals surface area contributed by atoms with E-state index in [0.29, 0.717) is 0 Å². The van der Waals surface area contributed by atoms with Crippen LogP contribution in [0.2, 0.25) is 0 Å². The molecule has 1 rings (SSSR count). The van der Waals surface area contributed by atoms with Crippen LogP contribution in [-0.4, -0.2) is 17.3 Å². The van der Waals surface area contributed by atoms with Gasteiger partial charge < -0.3 is 5.32 Å². The monoisotopic (exact) mass is 216 g/mol. The average Bonchev–Trinajstić information content (AvgIpc) is 2.59. The standard InChI is InChI=1S/C9H16N2S2/c1-3-10-5-8-6-13-9(11-8)7-12-4-2/h6,10H,3-5,7H2,1-2H3. The van der Waals surface area contributed by atoms with E-state index in [2.05, 4.69) is 29.5 Å². The maximum absolute atomic E-state index is 4.52. The zero-order valence-electron chi connectivity index (χ0n) is 8.17. The SMILES string of the molecule is CCNCc1csc(CSCC)n1. The third-order valence-corrected chi connectivity index (χ3v) is 3.55. The minimum absolute atomic E-state index is 0.907. The number of hydrogen-bond acceptors (Lipinski definition) is 4. The van der Waals surface area contributed by atoms with Crippen molar-refractivity contribution in [3.05, 3.63) is 16.1 Å². The fourth-order valence-corrected chi connectivity index (χ4v) is 2.48. The molecule has 0 fully saturated rings. The van der Waals surface area contributed by atoms with E-state index in [0.717, 1.165) is 18.8 Å². The highest BCUT2D eigenvalue weighted by Crippen LogP contribution is 2.16. The maximum atomic E-state index is 4.52. The minimum Gasteiger partial charge on any atom is -0.311 e. The molecule has 13 heavy (non-hydrogen) atoms. The molecule has 74 valence electrons. The Morgan fingerprint density at radius 3 is 3.08 bits per heavy atom. The van der Waals surface area contributed by atoms with Crippen molar-refractivity contribution in [2.75, 3.05) is 12.3 Å². The van der Waals surface area contributed by atoms with Gasteiger partial charge in [0.1, 0.15) is 5.01 Å². The van der Waals surface area contributed by atoms with Gasteiger partial charge in [0.2, 0.25) is 0 Å². The third kappa shape index (κ3) is 4.11. The predicted molar refractivity (Wildman–Crippen MR) is 61.3 cm³/mol. The third-order valence-electron chi connectivity index (χ3n) is 1.59. The molecule has 0 saturated carbocycles. The second kappa shape index (κ2) is 6.40. The number of rotatable bonds is 6. The van der Waals surface area contributed by atoms with Gasteiger partial charge in [-0.2, -0.15) is 11.8 Å². The van der Waals surface area contributed by atoms with Gasteiger partial charge in [-0.25, -0.2) is 4.98 Å². The van der Waals surface area contributed by atoms with E-state index in [1.807, 2.05) is 11.8 Å². The smallest absolute Gasteiger partial charge is 0.103 e. The Kier molecular flexibility index (Phi) is 5.43. The molecular formula is C9H16N2S2. The zero-order chi connectivity index (χ0) is 9.52. The fraction of sp³-hybridized carbons (Fsp3) is 0.667. The molecule has 1 N–H and O–H groups in total. The van der Waals surface area contributed by atoms with E-state index < -0.39 is 0 Å². The molecule has 0 aliphatic carbocycles. The molecule has 0 spiro atoms. The van der Waals surface area contributed by atoms with Crippen molar-refractivity contribution in [1.29, 1.82) is 0 Å². The molecule has 1 aromatic rings. The topological polar surface area (TPSA) is 24.9 Å². The van der Waals surface area contributed by atoms with E-state index >= 15 is 0 Å². The first kappa shape index (κ1) is 11.0. The number of thioether (sulfide) groups is 1. The van der Waals surface area contributed by atoms with E-state index in [1.165, 1.54) is 16.5 Å². The van der Waals surface area contributed by atoms with Crippen LogP contribution in [0.3, 0.4) is 0 Å². The van der Waals surface area contributed by atoms with Crippen LogP contribution in [0, 0.1) is 0 Å². The summed E-state index contributed by atoms with van der Waals surface area (Å²) in [5, 5.41) is 6.67. The van der Waals surface area contributed by atoms with Gasteiger partial charge in [0.25, 0.3) is 0 Å². The summed E-state index contributed by atoms with van der Waals surface area (Å²) in [5.41, 5.74) is 1.18. The molecule has 1 aromatic heterocycles. The molecule has 0 unspecified atom stereocenters. The summed E-state index contributed by atoms with van der Waals surface area (Å²) in [6, 6.07) is 0. The average molecular weight is 216 g/mol. The predicted octanol–water partition coefficient (Wildman–Crippen LogP) is 2.51. The Morgan fingerprint density at radius 1 is 1.54 bits per heavy atom. The van der Waals surface area contributed by atoms with Crippen molar-refractivity contribution >= 4 is 23.1 Å². The van der Waals surface area contributed by atoms with Crippen LogP contribution in [0.4, 0.5) is 0 Å². The fourth-order valence-electron chi connectivity index (χ4n) is 0.939. The highest BCUT2D eigenvalue weighted by Gasteiger charge is 2.00. The van der Waals surface area contributed by atoms with E-state index in [-0.39, 0.29) is 0 Å². The lowest BCUT2D eigenvalue weighted by molar-refractivity contribution is 0.713. The van der Waals surface area contributed by atoms with Gasteiger partial charge in [0.05, 0.1) is 5.69 Å². The van der Waals surface area contributed by atoms with Crippen molar-refractivity contribution < 1.29 is 0 Å². The number of thiazole rings is 1. The van der Waals surface area contributed by atoms with Gasteiger partial charge in [-0.05, 0) is 12.3 Å². The Bertz CT molecular complexity index is 213. The molecule has 0 bridgehead atoms. The number of nitrogens with one attached hydrogen (secondary N) is 1. The van der Waals surface area contributed by atoms with Crippen molar-refractivity contribution in [2.45, 2.75) is 26.1 Å². The van der Waals surface area contributed by atoms with Gasteiger partial charge in [-0.1, -0.05) is 13.8 Å². The summed E-state index contributed by atoms with van der Waals surface area (Å²) in [6.07, 6.45) is 0. The molecule has 0 amide bonds. The van der Waals surface area contributed by atoms with Crippen LogP contribution >= 0.6 is 23.1 Å². The molecule has 0 aliphatic heterocycles. The highest BCUT2D eigenvalue weighted by atomic mass is 32.2. The van der Waals surface area contributed by atoms with Crippen molar-refractivity contribution in [3.8, 4) is 0 Å². The second-order valence-electron chi connectivity index (χ2n) is 2.65. The number of nitrogens with zero attached hydrogens (tertiary/aromatic N) is 1. The summed E-state index contributed by atoms with van der Waals surface area (Å²) < 4.78 is 0. The number of aromatic nitrogens is 1. The minimum atomic E-state index is 0.907. The second-order valence-corrected chi connectivity index (χ2v) is 4.87. The Hall–Kier alpha value is -0.0600. The van der Waals surface area contributed by atoms with E-state index in [4.69, 9.17) is 0 Å². The van der Waals surface area contributed by atoms with Crippen LogP contribution in [0.1, 0.15) is 24.5 Å². The molecular weight excluding hydrogens is 200 g/mol. The first-order chi connectivity index (χ1) is 6.36. The molecule has 0 radical (unpaired) electrons. The van der Waals surface area contributed by atoms with Crippen LogP contribution in [0.5, 0.6) is 0 Å². The Balaban J connectivity index is 2.34. The van der Waals surface area contributed by atoms with Crippen molar-refractivity contribution in [2.24, 2.45) is 0 Å². The molecule has 2 nitrogen and oxygen atoms in total. The highest BCUT2D eigenvalue weighted by molar-refractivity contribution is 7.98. The van der Waals surface area contributed by atoms with E-state index in [1.54, 1.807) is 11.3 Å². The lowest BCUT2D eigenvalue weighted by Gasteiger charge is -1.95. The van der Waals surface area contributed by atoms with Crippen LogP contribution in [0.25, 0.3) is 0 Å². The number of hydrogen-bond donors (Lipinski definition) is 1. The summed E-state index contributed by atoms with van der Waals surface area (Å²) in [5.74, 6) is 2.23. The lowest BCUT2D eigenvalue weighted by Crippen LogP contribution is -2.11. The summed E-state index contributed by atoms with van der Waals surface area (Å²) in [7, 11) is 0. The molecule has 0 atom stereocenters. The molecule has 0 saturated heterocycles. The van der Waals surface area contributed by atoms with Gasteiger partial charge in [0.15, 0.2) is 0 Å². The van der Waals surface area contributed by atoms with Gasteiger partial charge in [0, 0.05) is 17.7 Å². The Morgan fingerprint density at radius 2 is 2.38 bits per heavy atom. The quantitative estimate of drug-likeness (QED) is 0.791.